The topological polar surface area (TPSA) is 59.0 Å². The summed E-state index contributed by atoms with van der Waals surface area (Å²) in [5.41, 5.74) is 0.641. The Morgan fingerprint density at radius 1 is 1.29 bits per heavy atom. The van der Waals surface area contributed by atoms with Gasteiger partial charge in [0, 0.05) is 19.1 Å². The Morgan fingerprint density at radius 3 is 2.76 bits per heavy atom. The van der Waals surface area contributed by atoms with Crippen molar-refractivity contribution in [1.29, 1.82) is 0 Å². The summed E-state index contributed by atoms with van der Waals surface area (Å²) in [6, 6.07) is 0.748. The molecule has 5 nitrogen and oxygen atoms in total. The fourth-order valence-electron chi connectivity index (χ4n) is 2.57. The van der Waals surface area contributed by atoms with Gasteiger partial charge < -0.3 is 10.6 Å². The van der Waals surface area contributed by atoms with Crippen LogP contribution in [0.25, 0.3) is 0 Å². The van der Waals surface area contributed by atoms with Crippen LogP contribution in [-0.2, 0) is 6.54 Å². The molecule has 21 heavy (non-hydrogen) atoms. The molecule has 6 heteroatoms. The number of nitrogens with one attached hydrogen (secondary N) is 2. The molecule has 2 N–H and O–H groups in total. The van der Waals surface area contributed by atoms with Crippen LogP contribution in [0.2, 0.25) is 0 Å². The third kappa shape index (κ3) is 4.07. The average molecular weight is 355 g/mol. The average Bonchev–Trinajstić information content (AvgIpc) is 3.23. The molecule has 3 rings (SSSR count). The van der Waals surface area contributed by atoms with Crippen molar-refractivity contribution in [2.24, 2.45) is 5.92 Å². The molecule has 0 saturated heterocycles. The Balaban J connectivity index is 1.54. The van der Waals surface area contributed by atoms with Crippen LogP contribution in [0.15, 0.2) is 15.5 Å². The number of halogens is 1. The maximum Gasteiger partial charge on any atom is 0.291 e. The summed E-state index contributed by atoms with van der Waals surface area (Å²) in [6.45, 7) is 2.57. The summed E-state index contributed by atoms with van der Waals surface area (Å²) < 4.78 is 2.37. The lowest BCUT2D eigenvalue weighted by molar-refractivity contribution is 0.262. The van der Waals surface area contributed by atoms with Gasteiger partial charge in [0.15, 0.2) is 0 Å². The van der Waals surface area contributed by atoms with Gasteiger partial charge >= 0.3 is 0 Å². The van der Waals surface area contributed by atoms with Crippen LogP contribution in [0.3, 0.4) is 0 Å². The predicted octanol–water partition coefficient (Wildman–Crippen LogP) is 2.36. The summed E-state index contributed by atoms with van der Waals surface area (Å²) in [7, 11) is 0. The third-order valence-corrected chi connectivity index (χ3v) is 4.92. The molecule has 0 aliphatic heterocycles. The quantitative estimate of drug-likeness (QED) is 0.703. The van der Waals surface area contributed by atoms with Crippen molar-refractivity contribution in [2.75, 3.05) is 18.4 Å². The molecule has 1 aromatic heterocycles. The smallest absolute Gasteiger partial charge is 0.291 e. The zero-order chi connectivity index (χ0) is 14.7. The van der Waals surface area contributed by atoms with Crippen molar-refractivity contribution in [1.82, 2.24) is 15.1 Å². The van der Waals surface area contributed by atoms with E-state index in [1.54, 1.807) is 10.9 Å². The summed E-state index contributed by atoms with van der Waals surface area (Å²) in [5, 5.41) is 11.0. The van der Waals surface area contributed by atoms with Gasteiger partial charge in [0.25, 0.3) is 5.56 Å². The molecule has 1 aromatic rings. The molecule has 0 bridgehead atoms. The van der Waals surface area contributed by atoms with Crippen molar-refractivity contribution in [3.63, 3.8) is 0 Å². The predicted molar refractivity (Wildman–Crippen MR) is 87.7 cm³/mol. The Morgan fingerprint density at radius 2 is 2.10 bits per heavy atom. The molecule has 0 unspecified atom stereocenters. The molecule has 0 amide bonds. The second-order valence-electron chi connectivity index (χ2n) is 6.16. The van der Waals surface area contributed by atoms with E-state index >= 15 is 0 Å². The molecule has 2 fully saturated rings. The van der Waals surface area contributed by atoms with Crippen molar-refractivity contribution in [2.45, 2.75) is 51.1 Å². The minimum absolute atomic E-state index is 0.00794. The Bertz CT molecular complexity index is 537. The molecular formula is C15H23BrN4O. The molecule has 0 atom stereocenters. The first kappa shape index (κ1) is 15.0. The summed E-state index contributed by atoms with van der Waals surface area (Å²) in [4.78, 5) is 12.4. The van der Waals surface area contributed by atoms with Gasteiger partial charge in [-0.1, -0.05) is 6.42 Å². The molecular weight excluding hydrogens is 332 g/mol. The van der Waals surface area contributed by atoms with Crippen LogP contribution in [0, 0.1) is 5.92 Å². The van der Waals surface area contributed by atoms with Gasteiger partial charge in [-0.3, -0.25) is 4.79 Å². The summed E-state index contributed by atoms with van der Waals surface area (Å²) in [6.07, 6.45) is 9.11. The molecule has 0 aromatic carbocycles. The maximum atomic E-state index is 12.4. The zero-order valence-corrected chi connectivity index (χ0v) is 13.9. The number of aromatic nitrogens is 2. The summed E-state index contributed by atoms with van der Waals surface area (Å²) >= 11 is 3.43. The van der Waals surface area contributed by atoms with Gasteiger partial charge in [-0.2, -0.15) is 5.10 Å². The second kappa shape index (κ2) is 6.92. The van der Waals surface area contributed by atoms with E-state index in [1.165, 1.54) is 32.1 Å². The van der Waals surface area contributed by atoms with E-state index < -0.39 is 0 Å². The Labute approximate surface area is 133 Å². The highest BCUT2D eigenvalue weighted by Gasteiger charge is 2.20. The van der Waals surface area contributed by atoms with Crippen LogP contribution in [-0.4, -0.2) is 28.9 Å². The van der Waals surface area contributed by atoms with Gasteiger partial charge in [-0.05, 0) is 60.5 Å². The van der Waals surface area contributed by atoms with E-state index in [1.807, 2.05) is 0 Å². The number of hydrogen-bond acceptors (Lipinski definition) is 4. The molecule has 2 aliphatic rings. The molecule has 1 heterocycles. The van der Waals surface area contributed by atoms with E-state index in [0.717, 1.165) is 36.6 Å². The Kier molecular flexibility index (Phi) is 4.95. The lowest BCUT2D eigenvalue weighted by Gasteiger charge is -2.25. The van der Waals surface area contributed by atoms with Gasteiger partial charge in [-0.15, -0.1) is 0 Å². The van der Waals surface area contributed by atoms with Gasteiger partial charge in [0.05, 0.1) is 10.7 Å². The normalized spacial score (nSPS) is 18.5. The molecule has 0 radical (unpaired) electrons. The van der Waals surface area contributed by atoms with Crippen molar-refractivity contribution in [3.05, 3.63) is 21.0 Å². The first-order valence-corrected chi connectivity index (χ1v) is 8.76. The fourth-order valence-corrected chi connectivity index (χ4v) is 2.98. The number of nitrogens with zero attached hydrogens (tertiary/aromatic N) is 2. The van der Waals surface area contributed by atoms with Gasteiger partial charge in [0.1, 0.15) is 5.69 Å². The first-order chi connectivity index (χ1) is 10.2. The minimum Gasteiger partial charge on any atom is -0.380 e. The monoisotopic (exact) mass is 354 g/mol. The molecule has 2 saturated carbocycles. The van der Waals surface area contributed by atoms with Gasteiger partial charge in [-0.25, -0.2) is 4.68 Å². The van der Waals surface area contributed by atoms with Crippen LogP contribution < -0.4 is 16.2 Å². The highest BCUT2D eigenvalue weighted by molar-refractivity contribution is 9.10. The highest BCUT2D eigenvalue weighted by atomic mass is 79.9. The van der Waals surface area contributed by atoms with E-state index in [0.29, 0.717) is 11.6 Å². The van der Waals surface area contributed by atoms with E-state index in [2.05, 4.69) is 31.7 Å². The minimum atomic E-state index is -0.00794. The Hall–Kier alpha value is -0.880. The highest BCUT2D eigenvalue weighted by Crippen LogP contribution is 2.27. The number of rotatable bonds is 8. The second-order valence-corrected chi connectivity index (χ2v) is 7.01. The van der Waals surface area contributed by atoms with Crippen molar-refractivity contribution >= 4 is 21.6 Å². The summed E-state index contributed by atoms with van der Waals surface area (Å²) in [5.74, 6) is 0.631. The molecule has 116 valence electrons. The van der Waals surface area contributed by atoms with E-state index in [4.69, 9.17) is 0 Å². The van der Waals surface area contributed by atoms with Crippen LogP contribution in [0.4, 0.5) is 5.69 Å². The molecule has 2 aliphatic carbocycles. The number of anilines is 1. The third-order valence-electron chi connectivity index (χ3n) is 4.32. The SMILES string of the molecule is O=c1c(NCCCNC2CC2)c(Br)cnn1CC1CCC1. The van der Waals surface area contributed by atoms with Crippen LogP contribution >= 0.6 is 15.9 Å². The lowest BCUT2D eigenvalue weighted by atomic mass is 9.85. The maximum absolute atomic E-state index is 12.4. The van der Waals surface area contributed by atoms with Crippen molar-refractivity contribution in [3.8, 4) is 0 Å². The van der Waals surface area contributed by atoms with E-state index in [9.17, 15) is 4.79 Å². The van der Waals surface area contributed by atoms with Crippen LogP contribution in [0.1, 0.15) is 38.5 Å². The largest absolute Gasteiger partial charge is 0.380 e. The molecule has 0 spiro atoms. The van der Waals surface area contributed by atoms with Crippen molar-refractivity contribution < 1.29 is 0 Å². The number of hydrogen-bond donors (Lipinski definition) is 2. The fraction of sp³-hybridized carbons (Fsp3) is 0.733. The zero-order valence-electron chi connectivity index (χ0n) is 12.3. The van der Waals surface area contributed by atoms with Gasteiger partial charge in [0.2, 0.25) is 0 Å². The first-order valence-electron chi connectivity index (χ1n) is 7.97. The lowest BCUT2D eigenvalue weighted by Crippen LogP contribution is -2.31. The standard InChI is InChI=1S/C15H23BrN4O/c16-13-9-19-20(10-11-3-1-4-11)15(21)14(13)18-8-2-7-17-12-5-6-12/h9,11-12,17-18H,1-8,10H2. The van der Waals surface area contributed by atoms with Crippen LogP contribution in [0.5, 0.6) is 0 Å². The van der Waals surface area contributed by atoms with E-state index in [-0.39, 0.29) is 5.56 Å².